The summed E-state index contributed by atoms with van der Waals surface area (Å²) < 4.78 is 0. The summed E-state index contributed by atoms with van der Waals surface area (Å²) in [6, 6.07) is 13.8. The van der Waals surface area contributed by atoms with E-state index in [1.165, 1.54) is 12.1 Å². The van der Waals surface area contributed by atoms with Gasteiger partial charge in [-0.3, -0.25) is 19.3 Å². The van der Waals surface area contributed by atoms with Crippen molar-refractivity contribution in [3.63, 3.8) is 0 Å². The number of anilines is 1. The second kappa shape index (κ2) is 7.45. The molecule has 1 heterocycles. The predicted molar refractivity (Wildman–Crippen MR) is 101 cm³/mol. The number of hydrogen-bond donors (Lipinski definition) is 2. The van der Waals surface area contributed by atoms with Crippen molar-refractivity contribution in [2.24, 2.45) is 0 Å². The second-order valence-electron chi connectivity index (χ2n) is 5.74. The molecule has 1 aliphatic rings. The zero-order chi connectivity index (χ0) is 18.7. The fraction of sp³-hybridized carbons (Fsp3) is 0.105. The number of phenols is 1. The van der Waals surface area contributed by atoms with Gasteiger partial charge in [-0.15, -0.1) is 0 Å². The summed E-state index contributed by atoms with van der Waals surface area (Å²) >= 11 is 0.747. The smallest absolute Gasteiger partial charge is 0.294 e. The van der Waals surface area contributed by atoms with Crippen LogP contribution in [0, 0.1) is 6.92 Å². The van der Waals surface area contributed by atoms with Crippen LogP contribution >= 0.6 is 11.8 Å². The SMILES string of the molecule is Cc1ccc(O)c(/C=C2\SC(=O)N(CC(=O)Nc3ccccc3)C2=O)c1. The van der Waals surface area contributed by atoms with Crippen molar-refractivity contribution < 1.29 is 19.5 Å². The van der Waals surface area contributed by atoms with E-state index in [0.29, 0.717) is 11.3 Å². The van der Waals surface area contributed by atoms with Crippen molar-refractivity contribution in [1.82, 2.24) is 4.90 Å². The summed E-state index contributed by atoms with van der Waals surface area (Å²) in [5.74, 6) is -0.994. The number of rotatable bonds is 4. The molecule has 0 radical (unpaired) electrons. The molecule has 3 amide bonds. The Labute approximate surface area is 154 Å². The Morgan fingerprint density at radius 3 is 2.65 bits per heavy atom. The minimum Gasteiger partial charge on any atom is -0.507 e. The van der Waals surface area contributed by atoms with Gasteiger partial charge in [0.25, 0.3) is 11.1 Å². The highest BCUT2D eigenvalue weighted by Crippen LogP contribution is 2.33. The molecule has 6 nitrogen and oxygen atoms in total. The number of phenolic OH excluding ortho intramolecular Hbond substituents is 1. The van der Waals surface area contributed by atoms with Crippen LogP contribution in [0.2, 0.25) is 0 Å². The Hall–Kier alpha value is -3.06. The van der Waals surface area contributed by atoms with Crippen molar-refractivity contribution in [2.45, 2.75) is 6.92 Å². The molecule has 1 saturated heterocycles. The van der Waals surface area contributed by atoms with Crippen LogP contribution in [0.3, 0.4) is 0 Å². The Morgan fingerprint density at radius 1 is 1.19 bits per heavy atom. The summed E-state index contributed by atoms with van der Waals surface area (Å²) in [5, 5.41) is 12.0. The molecule has 132 valence electrons. The highest BCUT2D eigenvalue weighted by Gasteiger charge is 2.36. The van der Waals surface area contributed by atoms with Crippen molar-refractivity contribution in [2.75, 3.05) is 11.9 Å². The predicted octanol–water partition coefficient (Wildman–Crippen LogP) is 3.38. The number of aryl methyl sites for hydroxylation is 1. The molecule has 26 heavy (non-hydrogen) atoms. The van der Waals surface area contributed by atoms with Gasteiger partial charge in [0.1, 0.15) is 12.3 Å². The number of nitrogens with zero attached hydrogens (tertiary/aromatic N) is 1. The number of carbonyl (C=O) groups is 3. The van der Waals surface area contributed by atoms with Gasteiger partial charge in [0, 0.05) is 11.3 Å². The van der Waals surface area contributed by atoms with Gasteiger partial charge in [-0.25, -0.2) is 0 Å². The average molecular weight is 368 g/mol. The number of hydrogen-bond acceptors (Lipinski definition) is 5. The maximum absolute atomic E-state index is 12.5. The molecule has 3 rings (SSSR count). The van der Waals surface area contributed by atoms with Crippen molar-refractivity contribution in [3.05, 3.63) is 64.6 Å². The minimum absolute atomic E-state index is 0.0178. The third-order valence-electron chi connectivity index (χ3n) is 3.70. The number of nitrogens with one attached hydrogen (secondary N) is 1. The Bertz CT molecular complexity index is 909. The molecule has 0 unspecified atom stereocenters. The first-order valence-electron chi connectivity index (χ1n) is 7.84. The van der Waals surface area contributed by atoms with Crippen LogP contribution in [-0.4, -0.2) is 33.6 Å². The van der Waals surface area contributed by atoms with E-state index in [4.69, 9.17) is 0 Å². The van der Waals surface area contributed by atoms with E-state index >= 15 is 0 Å². The molecule has 1 fully saturated rings. The van der Waals surface area contributed by atoms with Gasteiger partial charge >= 0.3 is 0 Å². The fourth-order valence-corrected chi connectivity index (χ4v) is 3.26. The zero-order valence-electron chi connectivity index (χ0n) is 13.9. The lowest BCUT2D eigenvalue weighted by Gasteiger charge is -2.12. The summed E-state index contributed by atoms with van der Waals surface area (Å²) in [6.45, 7) is 1.49. The van der Waals surface area contributed by atoms with Crippen LogP contribution in [0.15, 0.2) is 53.4 Å². The third kappa shape index (κ3) is 3.94. The topological polar surface area (TPSA) is 86.7 Å². The van der Waals surface area contributed by atoms with E-state index in [1.807, 2.05) is 13.0 Å². The Morgan fingerprint density at radius 2 is 1.92 bits per heavy atom. The molecule has 0 spiro atoms. The van der Waals surface area contributed by atoms with Crippen LogP contribution in [0.4, 0.5) is 10.5 Å². The van der Waals surface area contributed by atoms with Crippen LogP contribution in [-0.2, 0) is 9.59 Å². The monoisotopic (exact) mass is 368 g/mol. The number of thioether (sulfide) groups is 1. The molecule has 2 aromatic rings. The van der Waals surface area contributed by atoms with E-state index in [2.05, 4.69) is 5.32 Å². The van der Waals surface area contributed by atoms with Gasteiger partial charge in [-0.2, -0.15) is 0 Å². The van der Waals surface area contributed by atoms with E-state index < -0.39 is 17.1 Å². The number of aromatic hydroxyl groups is 1. The van der Waals surface area contributed by atoms with Crippen LogP contribution in [0.5, 0.6) is 5.75 Å². The number of amides is 3. The van der Waals surface area contributed by atoms with Gasteiger partial charge in [0.05, 0.1) is 4.91 Å². The van der Waals surface area contributed by atoms with E-state index in [9.17, 15) is 19.5 Å². The van der Waals surface area contributed by atoms with Crippen LogP contribution in [0.25, 0.3) is 6.08 Å². The normalized spacial score (nSPS) is 15.6. The number of benzene rings is 2. The van der Waals surface area contributed by atoms with E-state index in [1.54, 1.807) is 36.4 Å². The first kappa shape index (κ1) is 17.8. The lowest BCUT2D eigenvalue weighted by molar-refractivity contribution is -0.127. The third-order valence-corrected chi connectivity index (χ3v) is 4.61. The molecule has 0 saturated carbocycles. The zero-order valence-corrected chi connectivity index (χ0v) is 14.7. The molecule has 2 aromatic carbocycles. The highest BCUT2D eigenvalue weighted by molar-refractivity contribution is 8.18. The summed E-state index contributed by atoms with van der Waals surface area (Å²) in [7, 11) is 0. The fourth-order valence-electron chi connectivity index (χ4n) is 2.43. The standard InChI is InChI=1S/C19H16N2O4S/c1-12-7-8-15(22)13(9-12)10-16-18(24)21(19(25)26-16)11-17(23)20-14-5-3-2-4-6-14/h2-10,22H,11H2,1H3,(H,20,23)/b16-10-. The maximum atomic E-state index is 12.5. The first-order valence-corrected chi connectivity index (χ1v) is 8.65. The van der Waals surface area contributed by atoms with Crippen molar-refractivity contribution in [1.29, 1.82) is 0 Å². The average Bonchev–Trinajstić information content (AvgIpc) is 2.86. The molecule has 7 heteroatoms. The van der Waals surface area contributed by atoms with Crippen molar-refractivity contribution >= 4 is 40.6 Å². The van der Waals surface area contributed by atoms with Gasteiger partial charge in [-0.1, -0.05) is 29.8 Å². The second-order valence-corrected chi connectivity index (χ2v) is 6.74. The lowest BCUT2D eigenvalue weighted by Crippen LogP contribution is -2.36. The quantitative estimate of drug-likeness (QED) is 0.808. The molecule has 1 aliphatic heterocycles. The molecule has 0 atom stereocenters. The number of carbonyl (C=O) groups excluding carboxylic acids is 3. The van der Waals surface area contributed by atoms with Crippen LogP contribution in [0.1, 0.15) is 11.1 Å². The highest BCUT2D eigenvalue weighted by atomic mass is 32.2. The summed E-state index contributed by atoms with van der Waals surface area (Å²) in [4.78, 5) is 37.7. The van der Waals surface area contributed by atoms with E-state index in [0.717, 1.165) is 22.2 Å². The van der Waals surface area contributed by atoms with Gasteiger partial charge < -0.3 is 10.4 Å². The molecular weight excluding hydrogens is 352 g/mol. The van der Waals surface area contributed by atoms with Crippen LogP contribution < -0.4 is 5.32 Å². The molecule has 0 aliphatic carbocycles. The Balaban J connectivity index is 1.73. The molecule has 0 bridgehead atoms. The first-order chi connectivity index (χ1) is 12.4. The van der Waals surface area contributed by atoms with Gasteiger partial charge in [-0.05, 0) is 49.0 Å². The molecule has 2 N–H and O–H groups in total. The largest absolute Gasteiger partial charge is 0.507 e. The number of imide groups is 1. The number of para-hydroxylation sites is 1. The lowest BCUT2D eigenvalue weighted by atomic mass is 10.1. The summed E-state index contributed by atoms with van der Waals surface area (Å²) in [5.41, 5.74) is 1.95. The Kier molecular flexibility index (Phi) is 5.09. The van der Waals surface area contributed by atoms with Gasteiger partial charge in [0.15, 0.2) is 0 Å². The van der Waals surface area contributed by atoms with Crippen molar-refractivity contribution in [3.8, 4) is 5.75 Å². The van der Waals surface area contributed by atoms with Gasteiger partial charge in [0.2, 0.25) is 5.91 Å². The molecular formula is C19H16N2O4S. The maximum Gasteiger partial charge on any atom is 0.294 e. The summed E-state index contributed by atoms with van der Waals surface area (Å²) in [6.07, 6.45) is 1.46. The molecule has 0 aromatic heterocycles. The van der Waals surface area contributed by atoms with E-state index in [-0.39, 0.29) is 17.2 Å². The minimum atomic E-state index is -0.552.